The lowest BCUT2D eigenvalue weighted by molar-refractivity contribution is -0.167. The molecule has 0 aliphatic carbocycles. The first-order valence-electron chi connectivity index (χ1n) is 30.6. The molecule has 1 unspecified atom stereocenters. The zero-order valence-corrected chi connectivity index (χ0v) is 46.8. The van der Waals surface area contributed by atoms with Gasteiger partial charge >= 0.3 is 17.9 Å². The predicted octanol–water partition coefficient (Wildman–Crippen LogP) is 20.6. The Morgan fingerprint density at radius 2 is 0.557 bits per heavy atom. The number of unbranched alkanes of at least 4 members (excludes halogenated alkanes) is 37. The lowest BCUT2D eigenvalue weighted by Crippen LogP contribution is -2.30. The van der Waals surface area contributed by atoms with Gasteiger partial charge in [-0.05, 0) is 57.8 Å². The van der Waals surface area contributed by atoms with Crippen molar-refractivity contribution in [3.8, 4) is 0 Å². The number of carbonyl (C=O) groups excluding carboxylic acids is 3. The standard InChI is InChI=1S/C64H116O6/c1-4-7-10-13-15-17-19-21-23-24-25-26-27-28-29-30-31-32-33-34-35-36-37-38-39-40-41-43-44-46-48-51-54-57-63(66)69-60-61(59-68-62(65)56-53-50-12-9-6-3)70-64(67)58-55-52-49-47-45-42-22-20-18-16-14-11-8-5-2/h7,10,15,17,21,23,25-26,61H,4-6,8-9,11-14,16,18-20,22,24,27-60H2,1-3H3/b10-7-,17-15-,23-21-,26-25-. The van der Waals surface area contributed by atoms with Crippen molar-refractivity contribution in [1.29, 1.82) is 0 Å². The summed E-state index contributed by atoms with van der Waals surface area (Å²) in [4.78, 5) is 37.8. The van der Waals surface area contributed by atoms with Crippen molar-refractivity contribution in [1.82, 2.24) is 0 Å². The lowest BCUT2D eigenvalue weighted by Gasteiger charge is -2.18. The van der Waals surface area contributed by atoms with Gasteiger partial charge in [0.2, 0.25) is 0 Å². The van der Waals surface area contributed by atoms with Crippen molar-refractivity contribution in [3.05, 3.63) is 48.6 Å². The quantitative estimate of drug-likeness (QED) is 0.0261. The molecule has 0 N–H and O–H groups in total. The topological polar surface area (TPSA) is 78.9 Å². The summed E-state index contributed by atoms with van der Waals surface area (Å²) in [6.45, 7) is 6.48. The summed E-state index contributed by atoms with van der Waals surface area (Å²) < 4.78 is 16.7. The van der Waals surface area contributed by atoms with E-state index in [-0.39, 0.29) is 31.1 Å². The Morgan fingerprint density at radius 1 is 0.300 bits per heavy atom. The molecule has 0 bridgehead atoms. The van der Waals surface area contributed by atoms with E-state index in [1.807, 2.05) is 0 Å². The van der Waals surface area contributed by atoms with E-state index in [1.54, 1.807) is 0 Å². The van der Waals surface area contributed by atoms with E-state index >= 15 is 0 Å². The van der Waals surface area contributed by atoms with Crippen LogP contribution in [-0.4, -0.2) is 37.2 Å². The molecule has 0 aromatic carbocycles. The van der Waals surface area contributed by atoms with Gasteiger partial charge in [-0.2, -0.15) is 0 Å². The Hall–Kier alpha value is -2.63. The summed E-state index contributed by atoms with van der Waals surface area (Å²) in [5.41, 5.74) is 0. The van der Waals surface area contributed by atoms with E-state index in [9.17, 15) is 14.4 Å². The van der Waals surface area contributed by atoms with E-state index in [2.05, 4.69) is 69.4 Å². The Balaban J connectivity index is 3.88. The van der Waals surface area contributed by atoms with Crippen LogP contribution in [0, 0.1) is 0 Å². The van der Waals surface area contributed by atoms with Crippen LogP contribution in [0.2, 0.25) is 0 Å². The maximum atomic E-state index is 12.8. The van der Waals surface area contributed by atoms with Crippen molar-refractivity contribution < 1.29 is 28.6 Å². The third-order valence-electron chi connectivity index (χ3n) is 13.6. The fourth-order valence-corrected chi connectivity index (χ4v) is 9.02. The highest BCUT2D eigenvalue weighted by Crippen LogP contribution is 2.17. The van der Waals surface area contributed by atoms with Gasteiger partial charge in [0.25, 0.3) is 0 Å². The zero-order valence-electron chi connectivity index (χ0n) is 46.8. The minimum atomic E-state index is -0.763. The maximum Gasteiger partial charge on any atom is 0.306 e. The van der Waals surface area contributed by atoms with Crippen LogP contribution in [0.25, 0.3) is 0 Å². The second-order valence-electron chi connectivity index (χ2n) is 20.6. The molecule has 0 heterocycles. The third-order valence-corrected chi connectivity index (χ3v) is 13.6. The second kappa shape index (κ2) is 58.9. The summed E-state index contributed by atoms with van der Waals surface area (Å²) in [5.74, 6) is -0.863. The molecule has 0 amide bonds. The van der Waals surface area contributed by atoms with E-state index < -0.39 is 6.10 Å². The molecule has 0 radical (unpaired) electrons. The van der Waals surface area contributed by atoms with Crippen LogP contribution in [0.1, 0.15) is 323 Å². The number of carbonyl (C=O) groups is 3. The summed E-state index contributed by atoms with van der Waals surface area (Å²) in [5, 5.41) is 0. The van der Waals surface area contributed by atoms with Crippen molar-refractivity contribution >= 4 is 17.9 Å². The molecule has 0 spiro atoms. The van der Waals surface area contributed by atoms with Crippen LogP contribution in [0.15, 0.2) is 48.6 Å². The fourth-order valence-electron chi connectivity index (χ4n) is 9.02. The monoisotopic (exact) mass is 981 g/mol. The fraction of sp³-hybridized carbons (Fsp3) is 0.828. The zero-order chi connectivity index (χ0) is 50.7. The van der Waals surface area contributed by atoms with Crippen LogP contribution in [0.5, 0.6) is 0 Å². The first-order chi connectivity index (χ1) is 34.5. The van der Waals surface area contributed by atoms with Gasteiger partial charge in [0, 0.05) is 19.3 Å². The summed E-state index contributed by atoms with van der Waals surface area (Å²) in [6.07, 6.45) is 73.2. The molecule has 70 heavy (non-hydrogen) atoms. The molecule has 0 aromatic rings. The van der Waals surface area contributed by atoms with E-state index in [0.29, 0.717) is 19.3 Å². The highest BCUT2D eigenvalue weighted by Gasteiger charge is 2.19. The molecule has 6 heteroatoms. The molecular formula is C64H116O6. The van der Waals surface area contributed by atoms with E-state index in [4.69, 9.17) is 14.2 Å². The summed E-state index contributed by atoms with van der Waals surface area (Å²) in [6, 6.07) is 0. The number of esters is 3. The van der Waals surface area contributed by atoms with E-state index in [1.165, 1.54) is 193 Å². The predicted molar refractivity (Wildman–Crippen MR) is 302 cm³/mol. The first kappa shape index (κ1) is 67.4. The van der Waals surface area contributed by atoms with Gasteiger partial charge in [-0.25, -0.2) is 0 Å². The van der Waals surface area contributed by atoms with Crippen LogP contribution in [-0.2, 0) is 28.6 Å². The number of hydrogen-bond acceptors (Lipinski definition) is 6. The van der Waals surface area contributed by atoms with Gasteiger partial charge in [0.05, 0.1) is 0 Å². The number of ether oxygens (including phenoxy) is 3. The van der Waals surface area contributed by atoms with Gasteiger partial charge in [-0.15, -0.1) is 0 Å². The molecule has 0 saturated carbocycles. The van der Waals surface area contributed by atoms with Crippen LogP contribution >= 0.6 is 0 Å². The van der Waals surface area contributed by atoms with Gasteiger partial charge in [0.1, 0.15) is 13.2 Å². The van der Waals surface area contributed by atoms with Gasteiger partial charge in [-0.3, -0.25) is 14.4 Å². The minimum Gasteiger partial charge on any atom is -0.462 e. The van der Waals surface area contributed by atoms with Gasteiger partial charge < -0.3 is 14.2 Å². The maximum absolute atomic E-state index is 12.8. The molecule has 0 fully saturated rings. The Kier molecular flexibility index (Phi) is 56.7. The average Bonchev–Trinajstić information content (AvgIpc) is 3.36. The largest absolute Gasteiger partial charge is 0.462 e. The summed E-state index contributed by atoms with van der Waals surface area (Å²) in [7, 11) is 0. The lowest BCUT2D eigenvalue weighted by atomic mass is 10.0. The number of rotatable bonds is 56. The molecule has 0 aromatic heterocycles. The minimum absolute atomic E-state index is 0.0671. The van der Waals surface area contributed by atoms with E-state index in [0.717, 1.165) is 89.9 Å². The van der Waals surface area contributed by atoms with Crippen LogP contribution in [0.4, 0.5) is 0 Å². The smallest absolute Gasteiger partial charge is 0.306 e. The third kappa shape index (κ3) is 56.3. The van der Waals surface area contributed by atoms with Crippen molar-refractivity contribution in [2.45, 2.75) is 329 Å². The Bertz CT molecular complexity index is 1220. The Labute approximate surface area is 435 Å². The summed E-state index contributed by atoms with van der Waals surface area (Å²) >= 11 is 0. The molecule has 0 aliphatic rings. The molecular weight excluding hydrogens is 865 g/mol. The molecule has 6 nitrogen and oxygen atoms in total. The highest BCUT2D eigenvalue weighted by molar-refractivity contribution is 5.71. The van der Waals surface area contributed by atoms with Crippen molar-refractivity contribution in [3.63, 3.8) is 0 Å². The highest BCUT2D eigenvalue weighted by atomic mass is 16.6. The molecule has 0 aliphatic heterocycles. The van der Waals surface area contributed by atoms with Gasteiger partial charge in [-0.1, -0.05) is 294 Å². The number of hydrogen-bond donors (Lipinski definition) is 0. The Morgan fingerprint density at radius 3 is 0.871 bits per heavy atom. The van der Waals surface area contributed by atoms with Crippen molar-refractivity contribution in [2.24, 2.45) is 0 Å². The van der Waals surface area contributed by atoms with Crippen molar-refractivity contribution in [2.75, 3.05) is 13.2 Å². The normalized spacial score (nSPS) is 12.3. The second-order valence-corrected chi connectivity index (χ2v) is 20.6. The van der Waals surface area contributed by atoms with Gasteiger partial charge in [0.15, 0.2) is 6.10 Å². The van der Waals surface area contributed by atoms with Crippen LogP contribution in [0.3, 0.4) is 0 Å². The molecule has 0 rings (SSSR count). The molecule has 408 valence electrons. The molecule has 0 saturated heterocycles. The average molecular weight is 982 g/mol. The SMILES string of the molecule is CC/C=C\C/C=C\C/C=C\C/C=C\CCCCCCCCCCCCCCCCCCCCCCC(=O)OCC(COC(=O)CCCCCCC)OC(=O)CCCCCCCCCCCCCCCC. The number of allylic oxidation sites excluding steroid dienone is 8. The molecule has 1 atom stereocenters. The van der Waals surface area contributed by atoms with Crippen LogP contribution < -0.4 is 0 Å². The first-order valence-corrected chi connectivity index (χ1v) is 30.6.